The van der Waals surface area contributed by atoms with E-state index in [0.29, 0.717) is 5.92 Å². The molecule has 8 rings (SSSR count). The Morgan fingerprint density at radius 3 is 1.26 bits per heavy atom. The summed E-state index contributed by atoms with van der Waals surface area (Å²) in [6, 6.07) is 50.1. The monoisotopic (exact) mass is 595 g/mol. The van der Waals surface area contributed by atoms with Crippen molar-refractivity contribution in [3.05, 3.63) is 161 Å². The highest BCUT2D eigenvalue weighted by Gasteiger charge is 2.37. The number of nitrogens with zero attached hydrogens (tertiary/aromatic N) is 1. The van der Waals surface area contributed by atoms with Crippen LogP contribution in [0.1, 0.15) is 75.3 Å². The summed E-state index contributed by atoms with van der Waals surface area (Å²) in [4.78, 5) is 2.45. The van der Waals surface area contributed by atoms with Gasteiger partial charge >= 0.3 is 0 Å². The Morgan fingerprint density at radius 1 is 0.413 bits per heavy atom. The van der Waals surface area contributed by atoms with Gasteiger partial charge in [0.1, 0.15) is 0 Å². The number of benzene rings is 6. The van der Waals surface area contributed by atoms with E-state index >= 15 is 0 Å². The number of rotatable bonds is 5. The summed E-state index contributed by atoms with van der Waals surface area (Å²) in [6.07, 6.45) is 0. The van der Waals surface area contributed by atoms with Gasteiger partial charge in [0.2, 0.25) is 0 Å². The molecule has 0 aromatic heterocycles. The average Bonchev–Trinajstić information content (AvgIpc) is 3.45. The minimum absolute atomic E-state index is 0.0683. The Labute approximate surface area is 274 Å². The molecule has 2 aliphatic rings. The van der Waals surface area contributed by atoms with Crippen molar-refractivity contribution in [2.45, 2.75) is 58.3 Å². The van der Waals surface area contributed by atoms with Crippen LogP contribution in [0.2, 0.25) is 0 Å². The number of anilines is 3. The smallest absolute Gasteiger partial charge is 0.0465 e. The van der Waals surface area contributed by atoms with Gasteiger partial charge in [-0.05, 0) is 104 Å². The molecule has 0 unspecified atom stereocenters. The van der Waals surface area contributed by atoms with Crippen molar-refractivity contribution in [1.29, 1.82) is 0 Å². The molecule has 0 N–H and O–H groups in total. The molecule has 46 heavy (non-hydrogen) atoms. The van der Waals surface area contributed by atoms with E-state index in [2.05, 4.69) is 180 Å². The maximum atomic E-state index is 2.45. The lowest BCUT2D eigenvalue weighted by molar-refractivity contribution is 0.660. The second-order valence-electron chi connectivity index (χ2n) is 14.5. The first kappa shape index (κ1) is 28.6. The molecule has 0 atom stereocenters. The zero-order chi connectivity index (χ0) is 31.8. The van der Waals surface area contributed by atoms with E-state index in [9.17, 15) is 0 Å². The molecule has 1 heteroatoms. The summed E-state index contributed by atoms with van der Waals surface area (Å²) in [5, 5.41) is 0. The minimum Gasteiger partial charge on any atom is -0.310 e. The molecule has 0 saturated heterocycles. The summed E-state index contributed by atoms with van der Waals surface area (Å²) >= 11 is 0. The summed E-state index contributed by atoms with van der Waals surface area (Å²) in [5.74, 6) is 0.528. The molecule has 0 fully saturated rings. The quantitative estimate of drug-likeness (QED) is 0.192. The van der Waals surface area contributed by atoms with Crippen LogP contribution in [-0.2, 0) is 10.8 Å². The molecule has 0 amide bonds. The molecule has 1 nitrogen and oxygen atoms in total. The predicted molar refractivity (Wildman–Crippen MR) is 196 cm³/mol. The first-order valence-corrected chi connectivity index (χ1v) is 16.6. The Bertz CT molecular complexity index is 2000. The molecule has 0 aliphatic heterocycles. The van der Waals surface area contributed by atoms with Crippen LogP contribution in [0.5, 0.6) is 0 Å². The third-order valence-electron chi connectivity index (χ3n) is 10.7. The maximum absolute atomic E-state index is 2.45. The van der Waals surface area contributed by atoms with E-state index in [1.165, 1.54) is 72.6 Å². The van der Waals surface area contributed by atoms with Gasteiger partial charge in [-0.1, -0.05) is 139 Å². The third kappa shape index (κ3) is 4.29. The van der Waals surface area contributed by atoms with E-state index in [1.807, 2.05) is 0 Å². The molecule has 6 aromatic carbocycles. The molecule has 6 aromatic rings. The van der Waals surface area contributed by atoms with E-state index in [0.717, 1.165) is 5.69 Å². The van der Waals surface area contributed by atoms with Crippen molar-refractivity contribution in [1.82, 2.24) is 0 Å². The van der Waals surface area contributed by atoms with Crippen LogP contribution in [0.3, 0.4) is 0 Å². The van der Waals surface area contributed by atoms with Gasteiger partial charge in [-0.2, -0.15) is 0 Å². The first-order chi connectivity index (χ1) is 22.1. The number of hydrogen-bond donors (Lipinski definition) is 0. The van der Waals surface area contributed by atoms with Crippen LogP contribution in [0, 0.1) is 0 Å². The van der Waals surface area contributed by atoms with E-state index in [-0.39, 0.29) is 10.8 Å². The van der Waals surface area contributed by atoms with Crippen LogP contribution in [0.25, 0.3) is 33.4 Å². The third-order valence-corrected chi connectivity index (χ3v) is 10.7. The van der Waals surface area contributed by atoms with Gasteiger partial charge in [0.25, 0.3) is 0 Å². The summed E-state index contributed by atoms with van der Waals surface area (Å²) in [6.45, 7) is 13.9. The first-order valence-electron chi connectivity index (χ1n) is 16.6. The van der Waals surface area contributed by atoms with E-state index in [4.69, 9.17) is 0 Å². The molecule has 0 radical (unpaired) electrons. The van der Waals surface area contributed by atoms with Gasteiger partial charge in [-0.25, -0.2) is 0 Å². The Hall–Kier alpha value is -4.88. The zero-order valence-electron chi connectivity index (χ0n) is 27.7. The van der Waals surface area contributed by atoms with Crippen LogP contribution >= 0.6 is 0 Å². The van der Waals surface area contributed by atoms with Crippen LogP contribution in [0.4, 0.5) is 17.1 Å². The molecule has 2 aliphatic carbocycles. The molecular weight excluding hydrogens is 555 g/mol. The second-order valence-corrected chi connectivity index (χ2v) is 14.5. The van der Waals surface area contributed by atoms with Gasteiger partial charge in [0, 0.05) is 27.9 Å². The van der Waals surface area contributed by atoms with Crippen LogP contribution in [-0.4, -0.2) is 0 Å². The highest BCUT2D eigenvalue weighted by Crippen LogP contribution is 2.53. The van der Waals surface area contributed by atoms with Gasteiger partial charge in [-0.3, -0.25) is 0 Å². The van der Waals surface area contributed by atoms with Crippen molar-refractivity contribution < 1.29 is 0 Å². The Morgan fingerprint density at radius 2 is 0.804 bits per heavy atom. The molecule has 226 valence electrons. The zero-order valence-corrected chi connectivity index (χ0v) is 27.7. The van der Waals surface area contributed by atoms with Crippen molar-refractivity contribution >= 4 is 17.1 Å². The van der Waals surface area contributed by atoms with Crippen molar-refractivity contribution in [2.75, 3.05) is 4.90 Å². The maximum Gasteiger partial charge on any atom is 0.0465 e. The molecule has 0 spiro atoms. The molecule has 0 saturated carbocycles. The average molecular weight is 596 g/mol. The highest BCUT2D eigenvalue weighted by atomic mass is 15.1. The minimum atomic E-state index is -0.0683. The summed E-state index contributed by atoms with van der Waals surface area (Å²) in [7, 11) is 0. The van der Waals surface area contributed by atoms with Gasteiger partial charge in [-0.15, -0.1) is 0 Å². The standard InChI is InChI=1S/C45H41N/c1-29(2)30-15-17-31(18-16-30)32-19-21-33(22-20-32)46(34-23-25-38-36-11-7-9-13-40(36)44(3,4)42(38)27-34)35-24-26-39-37-12-8-10-14-41(37)45(5,6)43(39)28-35/h7-29H,1-6H3. The Balaban J connectivity index is 1.26. The fourth-order valence-corrected chi connectivity index (χ4v) is 7.97. The number of hydrogen-bond acceptors (Lipinski definition) is 1. The lowest BCUT2D eigenvalue weighted by Crippen LogP contribution is -2.18. The summed E-state index contributed by atoms with van der Waals surface area (Å²) in [5.41, 5.74) is 18.2. The predicted octanol–water partition coefficient (Wildman–Crippen LogP) is 12.6. The van der Waals surface area contributed by atoms with Crippen LogP contribution in [0.15, 0.2) is 133 Å². The fourth-order valence-electron chi connectivity index (χ4n) is 7.97. The molecule has 0 bridgehead atoms. The SMILES string of the molecule is CC(C)c1ccc(-c2ccc(N(c3ccc4c(c3)C(C)(C)c3ccccc3-4)c3ccc4c(c3)C(C)(C)c3ccccc3-4)cc2)cc1. The van der Waals surface area contributed by atoms with E-state index < -0.39 is 0 Å². The molecular formula is C45H41N. The molecule has 0 heterocycles. The topological polar surface area (TPSA) is 3.24 Å². The van der Waals surface area contributed by atoms with Crippen LogP contribution < -0.4 is 4.90 Å². The second kappa shape index (κ2) is 10.3. The van der Waals surface area contributed by atoms with Crippen molar-refractivity contribution in [3.63, 3.8) is 0 Å². The highest BCUT2D eigenvalue weighted by molar-refractivity contribution is 5.88. The Kier molecular flexibility index (Phi) is 6.41. The van der Waals surface area contributed by atoms with Crippen molar-refractivity contribution in [3.8, 4) is 33.4 Å². The van der Waals surface area contributed by atoms with Gasteiger partial charge in [0.15, 0.2) is 0 Å². The van der Waals surface area contributed by atoms with E-state index in [1.54, 1.807) is 0 Å². The normalized spacial score (nSPS) is 14.8. The lowest BCUT2D eigenvalue weighted by Gasteiger charge is -2.30. The largest absolute Gasteiger partial charge is 0.310 e. The number of fused-ring (bicyclic) bond motifs is 6. The lowest BCUT2D eigenvalue weighted by atomic mass is 9.82. The fraction of sp³-hybridized carbons (Fsp3) is 0.200. The van der Waals surface area contributed by atoms with Gasteiger partial charge < -0.3 is 4.90 Å². The summed E-state index contributed by atoms with van der Waals surface area (Å²) < 4.78 is 0. The van der Waals surface area contributed by atoms with Crippen molar-refractivity contribution in [2.24, 2.45) is 0 Å². The van der Waals surface area contributed by atoms with Gasteiger partial charge in [0.05, 0.1) is 0 Å².